The zero-order chi connectivity index (χ0) is 22.0. The molecule has 0 radical (unpaired) electrons. The first-order chi connectivity index (χ1) is 14.9. The van der Waals surface area contributed by atoms with Crippen LogP contribution in [-0.2, 0) is 16.0 Å². The molecule has 7 heteroatoms. The van der Waals surface area contributed by atoms with Gasteiger partial charge in [-0.25, -0.2) is 4.79 Å². The number of likely N-dealkylation sites (tertiary alicyclic amines) is 2. The van der Waals surface area contributed by atoms with Crippen LogP contribution in [0.5, 0.6) is 0 Å². The van der Waals surface area contributed by atoms with Gasteiger partial charge in [0.2, 0.25) is 5.91 Å². The quantitative estimate of drug-likeness (QED) is 0.733. The molecule has 0 unspecified atom stereocenters. The van der Waals surface area contributed by atoms with Gasteiger partial charge in [0.25, 0.3) is 5.91 Å². The van der Waals surface area contributed by atoms with Crippen LogP contribution in [-0.4, -0.2) is 76.8 Å². The number of benzene rings is 1. The zero-order valence-electron chi connectivity index (χ0n) is 18.7. The Morgan fingerprint density at radius 1 is 1.13 bits per heavy atom. The van der Waals surface area contributed by atoms with E-state index in [-0.39, 0.29) is 23.9 Å². The van der Waals surface area contributed by atoms with Crippen LogP contribution < -0.4 is 5.32 Å². The maximum Gasteiger partial charge on any atom is 0.325 e. The molecule has 1 N–H and O–H groups in total. The van der Waals surface area contributed by atoms with Crippen molar-refractivity contribution in [2.24, 2.45) is 5.92 Å². The summed E-state index contributed by atoms with van der Waals surface area (Å²) in [7, 11) is 0. The summed E-state index contributed by atoms with van der Waals surface area (Å²) >= 11 is 0. The van der Waals surface area contributed by atoms with E-state index in [0.29, 0.717) is 38.3 Å². The third-order valence-corrected chi connectivity index (χ3v) is 6.84. The molecule has 31 heavy (non-hydrogen) atoms. The van der Waals surface area contributed by atoms with Gasteiger partial charge in [0, 0.05) is 32.7 Å². The lowest BCUT2D eigenvalue weighted by Crippen LogP contribution is -2.56. The van der Waals surface area contributed by atoms with Gasteiger partial charge in [0.05, 0.1) is 12.5 Å². The molecule has 0 aromatic heterocycles. The number of carbonyl (C=O) groups excluding carboxylic acids is 3. The smallest absolute Gasteiger partial charge is 0.325 e. The lowest BCUT2D eigenvalue weighted by atomic mass is 9.86. The summed E-state index contributed by atoms with van der Waals surface area (Å²) < 4.78 is 0. The van der Waals surface area contributed by atoms with Crippen molar-refractivity contribution in [3.8, 4) is 0 Å². The highest BCUT2D eigenvalue weighted by Crippen LogP contribution is 2.32. The van der Waals surface area contributed by atoms with E-state index >= 15 is 0 Å². The molecule has 7 nitrogen and oxygen atoms in total. The molecule has 1 aromatic carbocycles. The average molecular weight is 427 g/mol. The number of hydrogen-bond donors (Lipinski definition) is 1. The van der Waals surface area contributed by atoms with Crippen molar-refractivity contribution >= 4 is 17.8 Å². The van der Waals surface area contributed by atoms with Crippen molar-refractivity contribution in [2.45, 2.75) is 57.5 Å². The Labute approximate surface area is 184 Å². The second-order valence-electron chi connectivity index (χ2n) is 9.68. The standard InChI is InChI=1S/C24H34N4O3/c1-18(2)16-26-13-10-24(11-14-26)22(30)28(23(31)25-24)20-9-6-12-27(17-20)21(29)15-19-7-4-3-5-8-19/h3-5,7-8,18,20H,6,9-17H2,1-2H3,(H,25,31)/t20-/m1/s1. The monoisotopic (exact) mass is 426 g/mol. The first-order valence-corrected chi connectivity index (χ1v) is 11.6. The molecule has 3 aliphatic rings. The van der Waals surface area contributed by atoms with Gasteiger partial charge in [-0.05, 0) is 37.2 Å². The number of nitrogens with one attached hydrogen (secondary N) is 1. The van der Waals surface area contributed by atoms with Crippen molar-refractivity contribution in [3.05, 3.63) is 35.9 Å². The van der Waals surface area contributed by atoms with E-state index in [1.807, 2.05) is 35.2 Å². The third-order valence-electron chi connectivity index (χ3n) is 6.84. The van der Waals surface area contributed by atoms with E-state index < -0.39 is 5.54 Å². The Hall–Kier alpha value is -2.41. The van der Waals surface area contributed by atoms with Crippen LogP contribution in [0.25, 0.3) is 0 Å². The molecule has 3 heterocycles. The van der Waals surface area contributed by atoms with E-state index in [4.69, 9.17) is 0 Å². The fourth-order valence-electron chi connectivity index (χ4n) is 5.22. The van der Waals surface area contributed by atoms with Gasteiger partial charge in [-0.1, -0.05) is 44.2 Å². The molecular weight excluding hydrogens is 392 g/mol. The molecule has 3 aliphatic heterocycles. The second-order valence-corrected chi connectivity index (χ2v) is 9.68. The SMILES string of the molecule is CC(C)CN1CCC2(CC1)NC(=O)N([C@@H]1CCCN(C(=O)Cc3ccccc3)C1)C2=O. The minimum Gasteiger partial charge on any atom is -0.340 e. The number of nitrogens with zero attached hydrogens (tertiary/aromatic N) is 3. The van der Waals surface area contributed by atoms with E-state index in [1.54, 1.807) is 0 Å². The van der Waals surface area contributed by atoms with Crippen LogP contribution in [0.2, 0.25) is 0 Å². The Balaban J connectivity index is 1.39. The first kappa shape index (κ1) is 21.8. The highest BCUT2D eigenvalue weighted by atomic mass is 16.2. The van der Waals surface area contributed by atoms with E-state index in [2.05, 4.69) is 24.1 Å². The van der Waals surface area contributed by atoms with Gasteiger partial charge in [-0.15, -0.1) is 0 Å². The fourth-order valence-corrected chi connectivity index (χ4v) is 5.22. The lowest BCUT2D eigenvalue weighted by Gasteiger charge is -2.39. The number of rotatable bonds is 5. The summed E-state index contributed by atoms with van der Waals surface area (Å²) in [6.45, 7) is 8.17. The topological polar surface area (TPSA) is 73.0 Å². The van der Waals surface area contributed by atoms with E-state index in [1.165, 1.54) is 4.90 Å². The average Bonchev–Trinajstić information content (AvgIpc) is 2.99. The zero-order valence-corrected chi connectivity index (χ0v) is 18.7. The normalized spacial score (nSPS) is 24.2. The Morgan fingerprint density at radius 2 is 1.84 bits per heavy atom. The third kappa shape index (κ3) is 4.61. The molecular formula is C24H34N4O3. The van der Waals surface area contributed by atoms with Gasteiger partial charge in [-0.2, -0.15) is 0 Å². The van der Waals surface area contributed by atoms with Crippen molar-refractivity contribution in [1.29, 1.82) is 0 Å². The summed E-state index contributed by atoms with van der Waals surface area (Å²) in [6.07, 6.45) is 3.22. The highest BCUT2D eigenvalue weighted by Gasteiger charge is 2.54. The highest BCUT2D eigenvalue weighted by molar-refractivity contribution is 6.07. The number of amides is 4. The molecule has 0 saturated carbocycles. The Bertz CT molecular complexity index is 817. The molecule has 1 spiro atoms. The first-order valence-electron chi connectivity index (χ1n) is 11.6. The molecule has 4 rings (SSSR count). The second kappa shape index (κ2) is 8.99. The molecule has 1 atom stereocenters. The number of urea groups is 1. The van der Waals surface area contributed by atoms with Crippen molar-refractivity contribution in [1.82, 2.24) is 20.0 Å². The van der Waals surface area contributed by atoms with Gasteiger partial charge >= 0.3 is 6.03 Å². The summed E-state index contributed by atoms with van der Waals surface area (Å²) in [5, 5.41) is 3.03. The van der Waals surface area contributed by atoms with Crippen LogP contribution in [0.4, 0.5) is 4.79 Å². The molecule has 4 amide bonds. The van der Waals surface area contributed by atoms with Crippen LogP contribution in [0.1, 0.15) is 45.1 Å². The van der Waals surface area contributed by atoms with Crippen LogP contribution in [0, 0.1) is 5.92 Å². The van der Waals surface area contributed by atoms with Crippen molar-refractivity contribution < 1.29 is 14.4 Å². The van der Waals surface area contributed by atoms with Gasteiger partial charge in [0.1, 0.15) is 5.54 Å². The molecule has 3 fully saturated rings. The van der Waals surface area contributed by atoms with E-state index in [9.17, 15) is 14.4 Å². The predicted molar refractivity (Wildman–Crippen MR) is 118 cm³/mol. The van der Waals surface area contributed by atoms with Gasteiger partial charge in [-0.3, -0.25) is 14.5 Å². The maximum absolute atomic E-state index is 13.4. The van der Waals surface area contributed by atoms with Gasteiger partial charge in [0.15, 0.2) is 0 Å². The van der Waals surface area contributed by atoms with Crippen LogP contribution >= 0.6 is 0 Å². The summed E-state index contributed by atoms with van der Waals surface area (Å²) in [5.74, 6) is 0.546. The predicted octanol–water partition coefficient (Wildman–Crippen LogP) is 2.26. The molecule has 168 valence electrons. The summed E-state index contributed by atoms with van der Waals surface area (Å²) in [4.78, 5) is 44.7. The van der Waals surface area contributed by atoms with Crippen LogP contribution in [0.3, 0.4) is 0 Å². The fraction of sp³-hybridized carbons (Fsp3) is 0.625. The Kier molecular flexibility index (Phi) is 6.32. The largest absolute Gasteiger partial charge is 0.340 e. The minimum atomic E-state index is -0.763. The van der Waals surface area contributed by atoms with Crippen molar-refractivity contribution in [3.63, 3.8) is 0 Å². The number of carbonyl (C=O) groups is 3. The molecule has 3 saturated heterocycles. The minimum absolute atomic E-state index is 0.0552. The van der Waals surface area contributed by atoms with E-state index in [0.717, 1.165) is 38.0 Å². The Morgan fingerprint density at radius 3 is 2.52 bits per heavy atom. The number of imide groups is 1. The molecule has 0 bridgehead atoms. The molecule has 0 aliphatic carbocycles. The number of piperidine rings is 2. The van der Waals surface area contributed by atoms with Gasteiger partial charge < -0.3 is 15.1 Å². The maximum atomic E-state index is 13.4. The summed E-state index contributed by atoms with van der Waals surface area (Å²) in [6, 6.07) is 9.17. The van der Waals surface area contributed by atoms with Crippen molar-refractivity contribution in [2.75, 3.05) is 32.7 Å². The van der Waals surface area contributed by atoms with Crippen LogP contribution in [0.15, 0.2) is 30.3 Å². The number of hydrogen-bond acceptors (Lipinski definition) is 4. The lowest BCUT2D eigenvalue weighted by molar-refractivity contribution is -0.139. The summed E-state index contributed by atoms with van der Waals surface area (Å²) in [5.41, 5.74) is 0.220. The molecule has 1 aromatic rings.